The first-order valence-corrected chi connectivity index (χ1v) is 35.9. The molecule has 2 atom stereocenters. The third-order valence-electron chi connectivity index (χ3n) is 15.9. The second kappa shape index (κ2) is 72.8. The van der Waals surface area contributed by atoms with Crippen molar-refractivity contribution in [2.45, 2.75) is 353 Å². The molecule has 2 unspecified atom stereocenters. The lowest BCUT2D eigenvalue weighted by atomic mass is 10.0. The Bertz CT molecular complexity index is 1640. The Labute approximate surface area is 517 Å². The van der Waals surface area contributed by atoms with Crippen LogP contribution in [-0.2, 0) is 4.79 Å². The predicted octanol–water partition coefficient (Wildman–Crippen LogP) is 24.9. The van der Waals surface area contributed by atoms with Crippen molar-refractivity contribution in [3.63, 3.8) is 0 Å². The Balaban J connectivity index is 3.56. The number of aliphatic hydroxyl groups is 2. The van der Waals surface area contributed by atoms with Gasteiger partial charge in [-0.3, -0.25) is 4.79 Å². The summed E-state index contributed by atoms with van der Waals surface area (Å²) in [7, 11) is 0. The maximum Gasteiger partial charge on any atom is 0.220 e. The van der Waals surface area contributed by atoms with Gasteiger partial charge in [-0.25, -0.2) is 0 Å². The molecule has 0 aliphatic rings. The van der Waals surface area contributed by atoms with Crippen LogP contribution in [0.5, 0.6) is 0 Å². The summed E-state index contributed by atoms with van der Waals surface area (Å²) >= 11 is 0. The van der Waals surface area contributed by atoms with E-state index in [0.717, 1.165) is 103 Å². The molecule has 0 heterocycles. The first-order valence-electron chi connectivity index (χ1n) is 35.9. The first-order chi connectivity index (χ1) is 41.2. The molecule has 3 N–H and O–H groups in total. The minimum Gasteiger partial charge on any atom is -0.394 e. The average Bonchev–Trinajstić information content (AvgIpc) is 3.51. The maximum absolute atomic E-state index is 12.5. The van der Waals surface area contributed by atoms with E-state index in [1.165, 1.54) is 218 Å². The van der Waals surface area contributed by atoms with Crippen molar-refractivity contribution in [1.29, 1.82) is 0 Å². The molecule has 0 rings (SSSR count). The summed E-state index contributed by atoms with van der Waals surface area (Å²) in [5, 5.41) is 23.3. The molecule has 0 bridgehead atoms. The molecule has 0 saturated carbocycles. The van der Waals surface area contributed by atoms with Gasteiger partial charge in [0.2, 0.25) is 5.91 Å². The van der Waals surface area contributed by atoms with Gasteiger partial charge in [0.05, 0.1) is 18.8 Å². The van der Waals surface area contributed by atoms with Gasteiger partial charge in [-0.2, -0.15) is 0 Å². The largest absolute Gasteiger partial charge is 0.394 e. The minimum absolute atomic E-state index is 0.0738. The number of aliphatic hydroxyl groups excluding tert-OH is 2. The van der Waals surface area contributed by atoms with Crippen LogP contribution < -0.4 is 5.32 Å². The third-order valence-corrected chi connectivity index (χ3v) is 15.9. The molecule has 0 aromatic rings. The zero-order valence-corrected chi connectivity index (χ0v) is 54.9. The van der Waals surface area contributed by atoms with Gasteiger partial charge in [0.1, 0.15) is 0 Å². The lowest BCUT2D eigenvalue weighted by Gasteiger charge is -2.20. The van der Waals surface area contributed by atoms with Gasteiger partial charge in [-0.15, -0.1) is 0 Å². The summed E-state index contributed by atoms with van der Waals surface area (Å²) in [5.74, 6) is -0.0738. The fourth-order valence-electron chi connectivity index (χ4n) is 10.5. The fraction of sp³-hybridized carbons (Fsp3) is 0.709. The number of carbonyl (C=O) groups excluding carboxylic acids is 1. The van der Waals surface area contributed by atoms with E-state index in [0.29, 0.717) is 6.42 Å². The van der Waals surface area contributed by atoms with Crippen molar-refractivity contribution in [1.82, 2.24) is 5.32 Å². The Morgan fingerprint density at radius 2 is 0.530 bits per heavy atom. The van der Waals surface area contributed by atoms with E-state index >= 15 is 0 Å². The number of hydrogen-bond acceptors (Lipinski definition) is 3. The second-order valence-electron chi connectivity index (χ2n) is 23.9. The smallest absolute Gasteiger partial charge is 0.220 e. The molecule has 1 amide bonds. The molecule has 0 radical (unpaired) electrons. The van der Waals surface area contributed by atoms with E-state index in [2.05, 4.69) is 141 Å². The standard InChI is InChI=1S/C79H137NO3/c1-3-5-7-9-11-13-15-17-19-21-23-25-27-29-31-33-35-37-38-39-40-41-42-43-45-47-49-51-53-55-57-59-61-63-65-67-69-71-73-75-79(83)80-77(76-81)78(82)74-72-70-68-66-64-62-60-58-56-54-52-50-48-46-44-36-34-32-30-28-26-24-22-20-18-16-14-12-10-8-6-4-2/h5,7,11,13,17,19,23,25,29,31,35,37,39-40,42-43,47,49,53,55,72,74,77-78,81-82H,3-4,6,8-10,12,14-16,18,20-22,24,26-28,30,32-34,36,38,41,44-46,48,50-52,54,56-71,73,75-76H2,1-2H3,(H,80,83)/b7-5-,13-11-,19-17-,25-23-,31-29-,37-35-,40-39-,43-42-,49-47-,55-53-,74-72+. The zero-order valence-electron chi connectivity index (χ0n) is 54.9. The molecule has 0 aliphatic carbocycles. The quantitative estimate of drug-likeness (QED) is 0.0420. The zero-order chi connectivity index (χ0) is 59.8. The summed E-state index contributed by atoms with van der Waals surface area (Å²) in [5.41, 5.74) is 0. The number of unbranched alkanes of at least 4 members (excludes halogenated alkanes) is 38. The Kier molecular flexibility index (Phi) is 69.7. The van der Waals surface area contributed by atoms with Gasteiger partial charge in [0.15, 0.2) is 0 Å². The third kappa shape index (κ3) is 69.2. The Hall–Kier alpha value is -3.47. The highest BCUT2D eigenvalue weighted by Gasteiger charge is 2.18. The molecule has 0 saturated heterocycles. The van der Waals surface area contributed by atoms with Crippen LogP contribution in [0, 0.1) is 0 Å². The molecular weight excluding hydrogens is 1010 g/mol. The maximum atomic E-state index is 12.5. The minimum atomic E-state index is -0.854. The summed E-state index contributed by atoms with van der Waals surface area (Å²) < 4.78 is 0. The van der Waals surface area contributed by atoms with Gasteiger partial charge < -0.3 is 15.5 Å². The van der Waals surface area contributed by atoms with Crippen molar-refractivity contribution in [2.24, 2.45) is 0 Å². The Morgan fingerprint density at radius 3 is 0.795 bits per heavy atom. The first kappa shape index (κ1) is 79.5. The van der Waals surface area contributed by atoms with Gasteiger partial charge in [-0.1, -0.05) is 372 Å². The van der Waals surface area contributed by atoms with Crippen LogP contribution in [0.2, 0.25) is 0 Å². The summed E-state index contributed by atoms with van der Waals surface area (Å²) in [6, 6.07) is -0.638. The van der Waals surface area contributed by atoms with Crippen molar-refractivity contribution >= 4 is 5.91 Å². The molecule has 4 heteroatoms. The van der Waals surface area contributed by atoms with Crippen LogP contribution in [0.4, 0.5) is 0 Å². The SMILES string of the molecule is CC/C=C\C/C=C\C/C=C\C/C=C\C/C=C\C/C=C\C/C=C\C/C=C\C/C=C\C/C=C\CCCCCCCCCCC(=O)NC(CO)C(O)/C=C/CCCCCCCCCCCCCCCCCCCCCCCCCCCCCCCC. The highest BCUT2D eigenvalue weighted by molar-refractivity contribution is 5.76. The highest BCUT2D eigenvalue weighted by atomic mass is 16.3. The number of nitrogens with one attached hydrogen (secondary N) is 1. The number of allylic oxidation sites excluding steroid dienone is 21. The van der Waals surface area contributed by atoms with E-state index in [9.17, 15) is 15.0 Å². The molecule has 0 aromatic carbocycles. The number of rotatable bonds is 65. The second-order valence-corrected chi connectivity index (χ2v) is 23.9. The topological polar surface area (TPSA) is 69.6 Å². The summed E-state index contributed by atoms with van der Waals surface area (Å²) in [6.45, 7) is 4.21. The van der Waals surface area contributed by atoms with Crippen LogP contribution in [0.3, 0.4) is 0 Å². The molecule has 0 aromatic heterocycles. The van der Waals surface area contributed by atoms with Crippen LogP contribution in [-0.4, -0.2) is 34.9 Å². The van der Waals surface area contributed by atoms with Crippen LogP contribution in [0.25, 0.3) is 0 Å². The lowest BCUT2D eigenvalue weighted by Crippen LogP contribution is -2.45. The van der Waals surface area contributed by atoms with Crippen LogP contribution >= 0.6 is 0 Å². The van der Waals surface area contributed by atoms with E-state index in [1.54, 1.807) is 6.08 Å². The van der Waals surface area contributed by atoms with E-state index in [4.69, 9.17) is 0 Å². The van der Waals surface area contributed by atoms with Gasteiger partial charge in [-0.05, 0) is 96.3 Å². The molecular formula is C79H137NO3. The molecule has 0 spiro atoms. The summed E-state index contributed by atoms with van der Waals surface area (Å²) in [6.07, 6.45) is 112. The van der Waals surface area contributed by atoms with Crippen molar-refractivity contribution in [3.05, 3.63) is 134 Å². The molecule has 0 aliphatic heterocycles. The van der Waals surface area contributed by atoms with E-state index in [-0.39, 0.29) is 12.5 Å². The molecule has 476 valence electrons. The average molecular weight is 1150 g/mol. The molecule has 4 nitrogen and oxygen atoms in total. The van der Waals surface area contributed by atoms with E-state index < -0.39 is 12.1 Å². The highest BCUT2D eigenvalue weighted by Crippen LogP contribution is 2.18. The van der Waals surface area contributed by atoms with Gasteiger partial charge in [0, 0.05) is 6.42 Å². The number of amides is 1. The van der Waals surface area contributed by atoms with Crippen LogP contribution in [0.1, 0.15) is 341 Å². The molecule has 0 fully saturated rings. The predicted molar refractivity (Wildman–Crippen MR) is 372 cm³/mol. The normalized spacial score (nSPS) is 13.5. The van der Waals surface area contributed by atoms with Gasteiger partial charge >= 0.3 is 0 Å². The fourth-order valence-corrected chi connectivity index (χ4v) is 10.5. The van der Waals surface area contributed by atoms with E-state index in [1.807, 2.05) is 6.08 Å². The number of carbonyl (C=O) groups is 1. The Morgan fingerprint density at radius 1 is 0.301 bits per heavy atom. The summed E-state index contributed by atoms with van der Waals surface area (Å²) in [4.78, 5) is 12.5. The number of hydrogen-bond donors (Lipinski definition) is 3. The monoisotopic (exact) mass is 1150 g/mol. The van der Waals surface area contributed by atoms with Crippen molar-refractivity contribution < 1.29 is 15.0 Å². The van der Waals surface area contributed by atoms with Crippen molar-refractivity contribution in [3.8, 4) is 0 Å². The van der Waals surface area contributed by atoms with Crippen LogP contribution in [0.15, 0.2) is 134 Å². The lowest BCUT2D eigenvalue weighted by molar-refractivity contribution is -0.123. The van der Waals surface area contributed by atoms with Gasteiger partial charge in [0.25, 0.3) is 0 Å². The van der Waals surface area contributed by atoms with Crippen molar-refractivity contribution in [2.75, 3.05) is 6.61 Å². The molecule has 83 heavy (non-hydrogen) atoms.